The van der Waals surface area contributed by atoms with Crippen LogP contribution < -0.4 is 14.8 Å². The van der Waals surface area contributed by atoms with E-state index in [1.54, 1.807) is 26.4 Å². The van der Waals surface area contributed by atoms with Gasteiger partial charge in [-0.3, -0.25) is 0 Å². The Balaban J connectivity index is 2.13. The summed E-state index contributed by atoms with van der Waals surface area (Å²) in [6, 6.07) is 12.7. The summed E-state index contributed by atoms with van der Waals surface area (Å²) >= 11 is 0. The Morgan fingerprint density at radius 1 is 1.00 bits per heavy atom. The fourth-order valence-electron chi connectivity index (χ4n) is 1.87. The first kappa shape index (κ1) is 13.1. The summed E-state index contributed by atoms with van der Waals surface area (Å²) in [6.07, 6.45) is 0. The molecule has 0 aliphatic heterocycles. The summed E-state index contributed by atoms with van der Waals surface area (Å²) < 4.78 is 10.6. The summed E-state index contributed by atoms with van der Waals surface area (Å²) in [5, 5.41) is 12.5. The number of phenolic OH excluding ortho intramolecular Hbond substituents is 1. The van der Waals surface area contributed by atoms with E-state index in [0.717, 1.165) is 17.0 Å². The number of ether oxygens (including phenoxy) is 2. The molecule has 0 spiro atoms. The SMILES string of the molecule is COc1cccc(CNc2ccc(O)cc2)c1OC. The predicted octanol–water partition coefficient (Wildman–Crippen LogP) is 3.02. The Hall–Kier alpha value is -2.36. The Labute approximate surface area is 112 Å². The lowest BCUT2D eigenvalue weighted by atomic mass is 10.1. The standard InChI is InChI=1S/C15H17NO3/c1-18-14-5-3-4-11(15(14)19-2)10-16-12-6-8-13(17)9-7-12/h3-9,16-17H,10H2,1-2H3. The molecule has 0 saturated carbocycles. The average molecular weight is 259 g/mol. The topological polar surface area (TPSA) is 50.7 Å². The van der Waals surface area contributed by atoms with Gasteiger partial charge in [-0.05, 0) is 30.3 Å². The largest absolute Gasteiger partial charge is 0.508 e. The highest BCUT2D eigenvalue weighted by Gasteiger charge is 2.08. The van der Waals surface area contributed by atoms with Crippen molar-refractivity contribution in [3.63, 3.8) is 0 Å². The molecule has 4 heteroatoms. The van der Waals surface area contributed by atoms with E-state index in [-0.39, 0.29) is 5.75 Å². The van der Waals surface area contributed by atoms with Gasteiger partial charge in [-0.1, -0.05) is 12.1 Å². The number of benzene rings is 2. The van der Waals surface area contributed by atoms with Gasteiger partial charge in [0.1, 0.15) is 5.75 Å². The highest BCUT2D eigenvalue weighted by Crippen LogP contribution is 2.31. The number of phenols is 1. The van der Waals surface area contributed by atoms with E-state index in [0.29, 0.717) is 12.3 Å². The molecule has 2 N–H and O–H groups in total. The van der Waals surface area contributed by atoms with E-state index >= 15 is 0 Å². The molecule has 0 atom stereocenters. The van der Waals surface area contributed by atoms with E-state index in [9.17, 15) is 5.11 Å². The average Bonchev–Trinajstić information content (AvgIpc) is 2.46. The summed E-state index contributed by atoms with van der Waals surface area (Å²) in [6.45, 7) is 0.616. The molecule has 0 aliphatic carbocycles. The zero-order valence-electron chi connectivity index (χ0n) is 11.0. The first-order valence-electron chi connectivity index (χ1n) is 5.97. The summed E-state index contributed by atoms with van der Waals surface area (Å²) in [5.41, 5.74) is 1.94. The van der Waals surface area contributed by atoms with Crippen LogP contribution in [0.15, 0.2) is 42.5 Å². The van der Waals surface area contributed by atoms with Gasteiger partial charge >= 0.3 is 0 Å². The monoisotopic (exact) mass is 259 g/mol. The van der Waals surface area contributed by atoms with Gasteiger partial charge in [0.05, 0.1) is 14.2 Å². The number of hydrogen-bond acceptors (Lipinski definition) is 4. The van der Waals surface area contributed by atoms with Crippen molar-refractivity contribution >= 4 is 5.69 Å². The van der Waals surface area contributed by atoms with E-state index in [4.69, 9.17) is 9.47 Å². The third-order valence-electron chi connectivity index (χ3n) is 2.83. The van der Waals surface area contributed by atoms with E-state index in [1.165, 1.54) is 0 Å². The van der Waals surface area contributed by atoms with Crippen molar-refractivity contribution < 1.29 is 14.6 Å². The Morgan fingerprint density at radius 2 is 1.74 bits per heavy atom. The van der Waals surface area contributed by atoms with Crippen LogP contribution in [0.4, 0.5) is 5.69 Å². The molecule has 2 aromatic carbocycles. The molecule has 2 rings (SSSR count). The van der Waals surface area contributed by atoms with Crippen LogP contribution in [0.3, 0.4) is 0 Å². The lowest BCUT2D eigenvalue weighted by molar-refractivity contribution is 0.352. The summed E-state index contributed by atoms with van der Waals surface area (Å²) in [4.78, 5) is 0. The van der Waals surface area contributed by atoms with Crippen molar-refractivity contribution in [2.75, 3.05) is 19.5 Å². The molecule has 0 bridgehead atoms. The number of methoxy groups -OCH3 is 2. The van der Waals surface area contributed by atoms with Gasteiger partial charge in [0.2, 0.25) is 0 Å². The lowest BCUT2D eigenvalue weighted by Crippen LogP contribution is -2.02. The molecule has 0 heterocycles. The maximum Gasteiger partial charge on any atom is 0.165 e. The van der Waals surface area contributed by atoms with Gasteiger partial charge in [0, 0.05) is 17.8 Å². The number of aromatic hydroxyl groups is 1. The first-order valence-corrected chi connectivity index (χ1v) is 5.97. The van der Waals surface area contributed by atoms with Gasteiger partial charge in [-0.15, -0.1) is 0 Å². The molecule has 0 unspecified atom stereocenters. The molecule has 0 amide bonds. The number of para-hydroxylation sites is 1. The number of nitrogens with one attached hydrogen (secondary N) is 1. The number of anilines is 1. The quantitative estimate of drug-likeness (QED) is 0.810. The van der Waals surface area contributed by atoms with Crippen LogP contribution in [-0.2, 0) is 6.54 Å². The fraction of sp³-hybridized carbons (Fsp3) is 0.200. The van der Waals surface area contributed by atoms with Crippen LogP contribution in [-0.4, -0.2) is 19.3 Å². The molecule has 0 aliphatic rings. The lowest BCUT2D eigenvalue weighted by Gasteiger charge is -2.13. The van der Waals surface area contributed by atoms with Crippen molar-refractivity contribution in [1.82, 2.24) is 0 Å². The Morgan fingerprint density at radius 3 is 2.37 bits per heavy atom. The molecule has 19 heavy (non-hydrogen) atoms. The Bertz CT molecular complexity index is 538. The van der Waals surface area contributed by atoms with Crippen molar-refractivity contribution in [2.24, 2.45) is 0 Å². The molecule has 0 fully saturated rings. The molecule has 4 nitrogen and oxygen atoms in total. The minimum atomic E-state index is 0.254. The molecule has 100 valence electrons. The number of rotatable bonds is 5. The molecular formula is C15H17NO3. The Kier molecular flexibility index (Phi) is 4.13. The zero-order chi connectivity index (χ0) is 13.7. The van der Waals surface area contributed by atoms with Gasteiger partial charge in [0.15, 0.2) is 11.5 Å². The minimum Gasteiger partial charge on any atom is -0.508 e. The highest BCUT2D eigenvalue weighted by atomic mass is 16.5. The van der Waals surface area contributed by atoms with Crippen molar-refractivity contribution in [3.05, 3.63) is 48.0 Å². The second-order valence-corrected chi connectivity index (χ2v) is 4.05. The maximum absolute atomic E-state index is 9.23. The van der Waals surface area contributed by atoms with Crippen LogP contribution in [0.25, 0.3) is 0 Å². The van der Waals surface area contributed by atoms with Crippen LogP contribution in [0.1, 0.15) is 5.56 Å². The fourth-order valence-corrected chi connectivity index (χ4v) is 1.87. The van der Waals surface area contributed by atoms with Gasteiger partial charge in [-0.2, -0.15) is 0 Å². The maximum atomic E-state index is 9.23. The van der Waals surface area contributed by atoms with Crippen molar-refractivity contribution in [2.45, 2.75) is 6.54 Å². The van der Waals surface area contributed by atoms with Crippen LogP contribution >= 0.6 is 0 Å². The van der Waals surface area contributed by atoms with E-state index in [2.05, 4.69) is 5.32 Å². The van der Waals surface area contributed by atoms with Crippen LogP contribution in [0.2, 0.25) is 0 Å². The van der Waals surface area contributed by atoms with Gasteiger partial charge in [0.25, 0.3) is 0 Å². The summed E-state index contributed by atoms with van der Waals surface area (Å²) in [7, 11) is 3.25. The molecule has 0 radical (unpaired) electrons. The molecule has 2 aromatic rings. The van der Waals surface area contributed by atoms with Crippen molar-refractivity contribution in [1.29, 1.82) is 0 Å². The van der Waals surface area contributed by atoms with E-state index in [1.807, 2.05) is 30.3 Å². The van der Waals surface area contributed by atoms with Crippen molar-refractivity contribution in [3.8, 4) is 17.2 Å². The predicted molar refractivity (Wildman–Crippen MR) is 75.0 cm³/mol. The van der Waals surface area contributed by atoms with Crippen LogP contribution in [0.5, 0.6) is 17.2 Å². The minimum absolute atomic E-state index is 0.254. The normalized spacial score (nSPS) is 10.0. The third kappa shape index (κ3) is 3.10. The summed E-state index contributed by atoms with van der Waals surface area (Å²) in [5.74, 6) is 1.70. The van der Waals surface area contributed by atoms with Crippen LogP contribution in [0, 0.1) is 0 Å². The van der Waals surface area contributed by atoms with Gasteiger partial charge < -0.3 is 19.9 Å². The highest BCUT2D eigenvalue weighted by molar-refractivity contribution is 5.50. The second kappa shape index (κ2) is 6.00. The van der Waals surface area contributed by atoms with E-state index < -0.39 is 0 Å². The molecular weight excluding hydrogens is 242 g/mol. The third-order valence-corrected chi connectivity index (χ3v) is 2.83. The molecule has 0 aromatic heterocycles. The first-order chi connectivity index (χ1) is 9.24. The second-order valence-electron chi connectivity index (χ2n) is 4.05. The number of hydrogen-bond donors (Lipinski definition) is 2. The molecule has 0 saturated heterocycles. The zero-order valence-corrected chi connectivity index (χ0v) is 11.0. The van der Waals surface area contributed by atoms with Gasteiger partial charge in [-0.25, -0.2) is 0 Å². The smallest absolute Gasteiger partial charge is 0.165 e.